The van der Waals surface area contributed by atoms with Gasteiger partial charge in [0.1, 0.15) is 17.8 Å². The Bertz CT molecular complexity index is 2130. The van der Waals surface area contributed by atoms with E-state index >= 15 is 0 Å². The first-order chi connectivity index (χ1) is 34.3. The number of aldehydes is 1. The highest BCUT2D eigenvalue weighted by Gasteiger charge is 2.38. The van der Waals surface area contributed by atoms with Gasteiger partial charge in [-0.05, 0) is 42.0 Å². The monoisotopic (exact) mass is 1040 g/mol. The Balaban J connectivity index is 0.787. The standard InChI is InChI=1S/C43H64ClN9O15P2/c44-43-48-40(37-27-46-53(41(37)49-43)38-7-6-34(68-38)30-67-70(58)31-69(56)57)47-39-35-5-2-1-4-32(35)26-36(39)42(55)45-8-12-60-15-18-63-22-23-65-24-25-66-29-33-28-52(51-50-33)9-13-61-16-19-64-21-20-62-17-14-59-11-3-10-54/h1-2,4-5,10,27-28,34,36,38-39,56-58H,3,6-9,11-26,29-31H2,(H,45,55)(H,47,48,49). The number of nitrogens with one attached hydrogen (secondary N) is 2. The van der Waals surface area contributed by atoms with Gasteiger partial charge in [0.2, 0.25) is 11.2 Å². The van der Waals surface area contributed by atoms with Crippen molar-refractivity contribution in [1.29, 1.82) is 0 Å². The highest BCUT2D eigenvalue weighted by Crippen LogP contribution is 2.45. The van der Waals surface area contributed by atoms with Crippen LogP contribution in [0.1, 0.15) is 48.4 Å². The Hall–Kier alpha value is -3.52. The lowest BCUT2D eigenvalue weighted by atomic mass is 9.99. The molecule has 0 saturated carbocycles. The minimum Gasteiger partial charge on any atom is -0.379 e. The van der Waals surface area contributed by atoms with Crippen LogP contribution in [0.2, 0.25) is 5.28 Å². The smallest absolute Gasteiger partial charge is 0.226 e. The first kappa shape index (κ1) is 55.8. The third kappa shape index (κ3) is 19.2. The molecule has 388 valence electrons. The molecule has 3 aromatic heterocycles. The topological polar surface area (TPSA) is 285 Å². The number of anilines is 1. The summed E-state index contributed by atoms with van der Waals surface area (Å²) in [6.07, 6.45) is 5.62. The summed E-state index contributed by atoms with van der Waals surface area (Å²) in [5.74, 6) is -0.355. The molecule has 1 fully saturated rings. The van der Waals surface area contributed by atoms with E-state index in [-0.39, 0.29) is 29.8 Å². The summed E-state index contributed by atoms with van der Waals surface area (Å²) in [7, 11) is -4.21. The van der Waals surface area contributed by atoms with Crippen LogP contribution in [0.25, 0.3) is 11.0 Å². The van der Waals surface area contributed by atoms with E-state index < -0.39 is 34.9 Å². The third-order valence-electron chi connectivity index (χ3n) is 10.8. The number of halogens is 1. The lowest BCUT2D eigenvalue weighted by molar-refractivity contribution is -0.125. The summed E-state index contributed by atoms with van der Waals surface area (Å²) in [4.78, 5) is 61.1. The first-order valence-electron chi connectivity index (χ1n) is 23.2. The van der Waals surface area contributed by atoms with Crippen LogP contribution in [0.4, 0.5) is 5.82 Å². The molecular weight excluding hydrogens is 980 g/mol. The number of hydrogen-bond acceptors (Lipinski definition) is 21. The van der Waals surface area contributed by atoms with Gasteiger partial charge in [0, 0.05) is 13.0 Å². The first-order valence-corrected chi connectivity index (χ1v) is 26.4. The Morgan fingerprint density at radius 3 is 2.20 bits per heavy atom. The average molecular weight is 1040 g/mol. The average Bonchev–Trinajstić information content (AvgIpc) is 4.18. The second-order valence-corrected chi connectivity index (χ2v) is 19.0. The lowest BCUT2D eigenvalue weighted by Crippen LogP contribution is -2.37. The number of ether oxygens (including phenoxy) is 9. The van der Waals surface area contributed by atoms with E-state index in [1.54, 1.807) is 15.6 Å². The van der Waals surface area contributed by atoms with E-state index in [2.05, 4.69) is 36.0 Å². The van der Waals surface area contributed by atoms with Gasteiger partial charge < -0.3 is 77.3 Å². The zero-order chi connectivity index (χ0) is 49.2. The van der Waals surface area contributed by atoms with Gasteiger partial charge in [-0.2, -0.15) is 15.1 Å². The molecule has 0 radical (unpaired) electrons. The third-order valence-corrected chi connectivity index (χ3v) is 13.4. The van der Waals surface area contributed by atoms with Crippen LogP contribution in [0.15, 0.2) is 36.7 Å². The fourth-order valence-corrected chi connectivity index (χ4v) is 9.17. The Morgan fingerprint density at radius 2 is 1.50 bits per heavy atom. The summed E-state index contributed by atoms with van der Waals surface area (Å²) < 4.78 is 59.1. The zero-order valence-corrected chi connectivity index (χ0v) is 41.5. The minimum absolute atomic E-state index is 0.00314. The highest BCUT2D eigenvalue weighted by molar-refractivity contribution is 7.63. The summed E-state index contributed by atoms with van der Waals surface area (Å²) in [5, 5.41) is 19.9. The molecule has 0 spiro atoms. The van der Waals surface area contributed by atoms with E-state index in [4.69, 9.17) is 68.5 Å². The fraction of sp³-hybridized carbons (Fsp3) is 0.651. The van der Waals surface area contributed by atoms with Gasteiger partial charge in [0.25, 0.3) is 0 Å². The molecule has 70 heavy (non-hydrogen) atoms. The molecule has 1 aliphatic heterocycles. The molecule has 1 aromatic carbocycles. The van der Waals surface area contributed by atoms with Crippen molar-refractivity contribution in [1.82, 2.24) is 40.1 Å². The lowest BCUT2D eigenvalue weighted by Gasteiger charge is -2.22. The van der Waals surface area contributed by atoms with Crippen LogP contribution < -0.4 is 10.6 Å². The molecule has 4 aromatic rings. The van der Waals surface area contributed by atoms with Crippen LogP contribution >= 0.6 is 28.4 Å². The SMILES string of the molecule is O=CCCOCCOCCOCCOCCn1cc(COCCOCCOCCOCCNC(=O)C2Cc3ccccc3C2Nc2nc(Cl)nc3c2cnn3C2CCC(COP(O)CP(O)O)O2)nn1. The Kier molecular flexibility index (Phi) is 25.4. The molecule has 1 amide bonds. The molecule has 2 aliphatic rings. The van der Waals surface area contributed by atoms with E-state index in [9.17, 15) is 14.5 Å². The second kappa shape index (κ2) is 31.8. The second-order valence-electron chi connectivity index (χ2n) is 15.8. The molecule has 0 bridgehead atoms. The maximum absolute atomic E-state index is 13.7. The van der Waals surface area contributed by atoms with Crippen molar-refractivity contribution < 1.29 is 71.4 Å². The number of benzene rings is 1. The number of hydrogen-bond donors (Lipinski definition) is 5. The summed E-state index contributed by atoms with van der Waals surface area (Å²) in [6, 6.07) is 7.49. The van der Waals surface area contributed by atoms with Gasteiger partial charge in [0.05, 0.1) is 161 Å². The molecule has 24 nitrogen and oxygen atoms in total. The summed E-state index contributed by atoms with van der Waals surface area (Å²) >= 11 is 6.47. The number of fused-ring (bicyclic) bond motifs is 2. The van der Waals surface area contributed by atoms with Gasteiger partial charge in [-0.25, -0.2) is 9.36 Å². The molecule has 5 atom stereocenters. The maximum atomic E-state index is 13.7. The van der Waals surface area contributed by atoms with Gasteiger partial charge in [-0.1, -0.05) is 29.5 Å². The minimum atomic E-state index is -2.25. The van der Waals surface area contributed by atoms with E-state index in [0.29, 0.717) is 167 Å². The van der Waals surface area contributed by atoms with Gasteiger partial charge in [0.15, 0.2) is 28.6 Å². The number of rotatable bonds is 38. The number of amides is 1. The predicted octanol–water partition coefficient (Wildman–Crippen LogP) is 2.69. The normalized spacial score (nSPS) is 18.2. The molecule has 5 N–H and O–H groups in total. The quantitative estimate of drug-likeness (QED) is 0.0187. The van der Waals surface area contributed by atoms with Crippen molar-refractivity contribution in [3.05, 3.63) is 58.8 Å². The van der Waals surface area contributed by atoms with Crippen molar-refractivity contribution in [2.75, 3.05) is 123 Å². The van der Waals surface area contributed by atoms with Crippen LogP contribution in [0.5, 0.6) is 0 Å². The highest BCUT2D eigenvalue weighted by atomic mass is 35.5. The number of carbonyl (C=O) groups excluding carboxylic acids is 2. The molecular formula is C43H64ClN9O15P2. The number of nitrogens with zero attached hydrogens (tertiary/aromatic N) is 7. The Labute approximate surface area is 413 Å². The van der Waals surface area contributed by atoms with Crippen molar-refractivity contribution in [3.63, 3.8) is 0 Å². The van der Waals surface area contributed by atoms with E-state index in [1.165, 1.54) is 0 Å². The summed E-state index contributed by atoms with van der Waals surface area (Å²) in [5.41, 5.74) is 3.20. The molecule has 4 heterocycles. The van der Waals surface area contributed by atoms with Crippen LogP contribution in [0, 0.1) is 5.92 Å². The predicted molar refractivity (Wildman–Crippen MR) is 254 cm³/mol. The van der Waals surface area contributed by atoms with Crippen molar-refractivity contribution >= 4 is 57.4 Å². The molecule has 1 aliphatic carbocycles. The zero-order valence-electron chi connectivity index (χ0n) is 39.0. The van der Waals surface area contributed by atoms with E-state index in [0.717, 1.165) is 17.4 Å². The molecule has 27 heteroatoms. The number of aromatic nitrogens is 7. The van der Waals surface area contributed by atoms with Gasteiger partial charge in [-0.15, -0.1) is 5.10 Å². The van der Waals surface area contributed by atoms with Gasteiger partial charge in [-0.3, -0.25) is 4.79 Å². The molecule has 5 unspecified atom stereocenters. The Morgan fingerprint density at radius 1 is 0.843 bits per heavy atom. The van der Waals surface area contributed by atoms with Crippen LogP contribution in [-0.2, 0) is 76.3 Å². The van der Waals surface area contributed by atoms with Crippen molar-refractivity contribution in [3.8, 4) is 0 Å². The summed E-state index contributed by atoms with van der Waals surface area (Å²) in [6.45, 7) is 7.58. The van der Waals surface area contributed by atoms with E-state index in [1.807, 2.05) is 30.5 Å². The molecule has 1 saturated heterocycles. The van der Waals surface area contributed by atoms with Crippen LogP contribution in [0.3, 0.4) is 0 Å². The maximum Gasteiger partial charge on any atom is 0.226 e. The molecule has 6 rings (SSSR count). The fourth-order valence-electron chi connectivity index (χ4n) is 7.47. The largest absolute Gasteiger partial charge is 0.379 e. The van der Waals surface area contributed by atoms with Crippen LogP contribution in [-0.4, -0.2) is 186 Å². The van der Waals surface area contributed by atoms with Crippen molar-refractivity contribution in [2.24, 2.45) is 5.92 Å². The van der Waals surface area contributed by atoms with Gasteiger partial charge >= 0.3 is 0 Å². The van der Waals surface area contributed by atoms with Crippen molar-refractivity contribution in [2.45, 2.75) is 57.2 Å². The number of carbonyl (C=O) groups is 2.